The Labute approximate surface area is 190 Å². The molecule has 3 amide bonds. The van der Waals surface area contributed by atoms with Gasteiger partial charge in [0, 0.05) is 33.2 Å². The quantitative estimate of drug-likeness (QED) is 0.500. The van der Waals surface area contributed by atoms with Crippen LogP contribution in [-0.2, 0) is 25.7 Å². The molecule has 0 N–H and O–H groups in total. The minimum absolute atomic E-state index is 0.0552. The van der Waals surface area contributed by atoms with Crippen molar-refractivity contribution in [3.63, 3.8) is 0 Å². The summed E-state index contributed by atoms with van der Waals surface area (Å²) in [5, 5.41) is -0.0552. The largest absolute Gasteiger partial charge is 0.340 e. The van der Waals surface area contributed by atoms with Crippen LogP contribution in [0.2, 0.25) is 5.02 Å². The standard InChI is InChI=1S/C23H25ClFN3O4/c1-23(2)7-9-28-18(21(31)26(3)12-23)14-6-8-27(20(30)17(14)19(29)22(28)32)11-13-4-5-16(25)15(24)10-13/h4-5,10,17H,6-9,11-12H2,1-3H3. The van der Waals surface area contributed by atoms with Gasteiger partial charge in [0.25, 0.3) is 11.8 Å². The van der Waals surface area contributed by atoms with E-state index in [1.165, 1.54) is 28.0 Å². The molecule has 0 bridgehead atoms. The summed E-state index contributed by atoms with van der Waals surface area (Å²) in [5.74, 6) is -4.32. The number of amides is 3. The number of benzene rings is 1. The number of piperidine rings is 1. The zero-order valence-electron chi connectivity index (χ0n) is 18.3. The van der Waals surface area contributed by atoms with E-state index in [9.17, 15) is 23.6 Å². The van der Waals surface area contributed by atoms with E-state index >= 15 is 0 Å². The fourth-order valence-corrected chi connectivity index (χ4v) is 4.97. The van der Waals surface area contributed by atoms with Crippen LogP contribution in [0.1, 0.15) is 32.3 Å². The van der Waals surface area contributed by atoms with E-state index in [0.29, 0.717) is 30.5 Å². The number of rotatable bonds is 2. The van der Waals surface area contributed by atoms with Crippen molar-refractivity contribution in [2.75, 3.05) is 26.7 Å². The second-order valence-electron chi connectivity index (χ2n) is 9.46. The van der Waals surface area contributed by atoms with Crippen LogP contribution in [0.5, 0.6) is 0 Å². The van der Waals surface area contributed by atoms with Gasteiger partial charge < -0.3 is 14.7 Å². The Balaban J connectivity index is 1.69. The molecule has 0 aromatic heterocycles. The Bertz CT molecular complexity index is 1070. The van der Waals surface area contributed by atoms with Crippen molar-refractivity contribution in [3.8, 4) is 0 Å². The zero-order chi connectivity index (χ0) is 23.4. The lowest BCUT2D eigenvalue weighted by Crippen LogP contribution is -2.57. The van der Waals surface area contributed by atoms with Gasteiger partial charge in [-0.05, 0) is 41.5 Å². The van der Waals surface area contributed by atoms with Gasteiger partial charge in [0.05, 0.1) is 5.02 Å². The molecule has 3 aliphatic rings. The summed E-state index contributed by atoms with van der Waals surface area (Å²) < 4.78 is 13.5. The average molecular weight is 462 g/mol. The highest BCUT2D eigenvalue weighted by molar-refractivity contribution is 6.43. The molecule has 2 saturated heterocycles. The fraction of sp³-hybridized carbons (Fsp3) is 0.478. The monoisotopic (exact) mass is 461 g/mol. The molecule has 9 heteroatoms. The van der Waals surface area contributed by atoms with Crippen LogP contribution in [0.15, 0.2) is 29.5 Å². The smallest absolute Gasteiger partial charge is 0.295 e. The van der Waals surface area contributed by atoms with Gasteiger partial charge in [-0.3, -0.25) is 19.2 Å². The van der Waals surface area contributed by atoms with E-state index in [2.05, 4.69) is 0 Å². The first-order valence-electron chi connectivity index (χ1n) is 10.6. The Morgan fingerprint density at radius 2 is 1.84 bits per heavy atom. The first-order chi connectivity index (χ1) is 15.0. The Hall–Kier alpha value is -2.74. The van der Waals surface area contributed by atoms with Crippen molar-refractivity contribution < 1.29 is 23.6 Å². The lowest BCUT2D eigenvalue weighted by molar-refractivity contribution is -0.154. The molecule has 1 aromatic carbocycles. The number of carbonyl (C=O) groups excluding carboxylic acids is 4. The summed E-state index contributed by atoms with van der Waals surface area (Å²) in [4.78, 5) is 56.8. The predicted molar refractivity (Wildman–Crippen MR) is 115 cm³/mol. The molecular weight excluding hydrogens is 437 g/mol. The van der Waals surface area contributed by atoms with E-state index in [0.717, 1.165) is 0 Å². The second kappa shape index (κ2) is 7.99. The lowest BCUT2D eigenvalue weighted by atomic mass is 9.80. The molecule has 1 aromatic rings. The van der Waals surface area contributed by atoms with Gasteiger partial charge in [-0.25, -0.2) is 4.39 Å². The zero-order valence-corrected chi connectivity index (χ0v) is 19.0. The maximum atomic E-state index is 13.5. The first kappa shape index (κ1) is 22.5. The summed E-state index contributed by atoms with van der Waals surface area (Å²) in [6.07, 6.45) is 0.926. The van der Waals surface area contributed by atoms with E-state index in [-0.39, 0.29) is 41.7 Å². The molecule has 1 atom stereocenters. The van der Waals surface area contributed by atoms with Gasteiger partial charge in [0.1, 0.15) is 17.4 Å². The number of Topliss-reactive ketones (excluding diaryl/α,β-unsaturated/α-hetero) is 1. The molecule has 0 radical (unpaired) electrons. The number of nitrogens with zero attached hydrogens (tertiary/aromatic N) is 3. The van der Waals surface area contributed by atoms with Crippen molar-refractivity contribution in [2.45, 2.75) is 33.2 Å². The predicted octanol–water partition coefficient (Wildman–Crippen LogP) is 2.38. The van der Waals surface area contributed by atoms with Crippen molar-refractivity contribution in [1.82, 2.24) is 14.7 Å². The average Bonchev–Trinajstić information content (AvgIpc) is 2.72. The van der Waals surface area contributed by atoms with Crippen LogP contribution in [-0.4, -0.2) is 64.9 Å². The van der Waals surface area contributed by atoms with Crippen molar-refractivity contribution in [3.05, 3.63) is 45.9 Å². The molecule has 1 unspecified atom stereocenters. The Morgan fingerprint density at radius 1 is 1.12 bits per heavy atom. The summed E-state index contributed by atoms with van der Waals surface area (Å²) in [6, 6.07) is 4.17. The maximum Gasteiger partial charge on any atom is 0.295 e. The Kier molecular flexibility index (Phi) is 5.61. The van der Waals surface area contributed by atoms with Gasteiger partial charge in [-0.15, -0.1) is 0 Å². The van der Waals surface area contributed by atoms with Crippen LogP contribution in [0.25, 0.3) is 0 Å². The lowest BCUT2D eigenvalue weighted by Gasteiger charge is -2.43. The van der Waals surface area contributed by atoms with Gasteiger partial charge in [-0.1, -0.05) is 31.5 Å². The molecule has 3 heterocycles. The topological polar surface area (TPSA) is 78.0 Å². The molecule has 7 nitrogen and oxygen atoms in total. The molecule has 0 aliphatic carbocycles. The van der Waals surface area contributed by atoms with Crippen LogP contribution in [0.3, 0.4) is 0 Å². The molecular formula is C23H25ClFN3O4. The molecule has 0 saturated carbocycles. The number of ketones is 1. The SMILES string of the molecule is CN1CC(C)(C)CCN2C(=O)C(=O)C3C(=O)N(Cc4ccc(F)c(Cl)c4)CCC3=C2C1=O. The van der Waals surface area contributed by atoms with Gasteiger partial charge >= 0.3 is 0 Å². The van der Waals surface area contributed by atoms with Crippen molar-refractivity contribution in [1.29, 1.82) is 0 Å². The summed E-state index contributed by atoms with van der Waals surface area (Å²) in [6.45, 7) is 5.20. The van der Waals surface area contributed by atoms with Crippen molar-refractivity contribution in [2.24, 2.45) is 11.3 Å². The molecule has 3 aliphatic heterocycles. The third-order valence-electron chi connectivity index (χ3n) is 6.43. The summed E-state index contributed by atoms with van der Waals surface area (Å²) in [7, 11) is 1.67. The minimum atomic E-state index is -1.29. The van der Waals surface area contributed by atoms with Gasteiger partial charge in [0.2, 0.25) is 11.7 Å². The van der Waals surface area contributed by atoms with Crippen LogP contribution in [0, 0.1) is 17.2 Å². The van der Waals surface area contributed by atoms with Gasteiger partial charge in [0.15, 0.2) is 0 Å². The number of hydrogen-bond donors (Lipinski definition) is 0. The number of carbonyl (C=O) groups is 4. The number of likely N-dealkylation sites (N-methyl/N-ethyl adjacent to an activating group) is 1. The molecule has 170 valence electrons. The first-order valence-corrected chi connectivity index (χ1v) is 10.9. The Morgan fingerprint density at radius 3 is 2.53 bits per heavy atom. The third kappa shape index (κ3) is 3.81. The fourth-order valence-electron chi connectivity index (χ4n) is 4.77. The third-order valence-corrected chi connectivity index (χ3v) is 6.72. The number of fused-ring (bicyclic) bond motifs is 2. The summed E-state index contributed by atoms with van der Waals surface area (Å²) >= 11 is 5.84. The van der Waals surface area contributed by atoms with Crippen LogP contribution < -0.4 is 0 Å². The molecule has 0 spiro atoms. The summed E-state index contributed by atoms with van der Waals surface area (Å²) in [5.41, 5.74) is 0.997. The maximum absolute atomic E-state index is 13.5. The van der Waals surface area contributed by atoms with Crippen molar-refractivity contribution >= 4 is 35.1 Å². The normalized spacial score (nSPS) is 23.8. The number of halogens is 2. The molecule has 4 rings (SSSR count). The van der Waals surface area contributed by atoms with E-state index in [1.807, 2.05) is 13.8 Å². The number of hydrogen-bond acceptors (Lipinski definition) is 4. The molecule has 32 heavy (non-hydrogen) atoms. The highest BCUT2D eigenvalue weighted by Crippen LogP contribution is 2.38. The van der Waals surface area contributed by atoms with E-state index < -0.39 is 29.3 Å². The van der Waals surface area contributed by atoms with E-state index in [1.54, 1.807) is 11.9 Å². The second-order valence-corrected chi connectivity index (χ2v) is 9.87. The van der Waals surface area contributed by atoms with Gasteiger partial charge in [-0.2, -0.15) is 0 Å². The van der Waals surface area contributed by atoms with Crippen LogP contribution >= 0.6 is 11.6 Å². The highest BCUT2D eigenvalue weighted by Gasteiger charge is 2.50. The van der Waals surface area contributed by atoms with E-state index in [4.69, 9.17) is 11.6 Å². The highest BCUT2D eigenvalue weighted by atomic mass is 35.5. The van der Waals surface area contributed by atoms with Crippen LogP contribution in [0.4, 0.5) is 4.39 Å². The molecule has 2 fully saturated rings. The number of likely N-dealkylation sites (tertiary alicyclic amines) is 1. The minimum Gasteiger partial charge on any atom is -0.340 e.